The first kappa shape index (κ1) is 25.7. The van der Waals surface area contributed by atoms with Crippen LogP contribution in [0.3, 0.4) is 0 Å². The molecular weight excluding hydrogens is 544 g/mol. The second-order valence-electron chi connectivity index (χ2n) is 9.47. The summed E-state index contributed by atoms with van der Waals surface area (Å²) in [6.45, 7) is 3.79. The van der Waals surface area contributed by atoms with Crippen molar-refractivity contribution in [1.82, 2.24) is 14.5 Å². The zero-order valence-electron chi connectivity index (χ0n) is 21.6. The Morgan fingerprint density at radius 3 is 1.80 bits per heavy atom. The van der Waals surface area contributed by atoms with E-state index in [0.717, 1.165) is 11.1 Å². The van der Waals surface area contributed by atoms with E-state index in [1.54, 1.807) is 60.7 Å². The topological polar surface area (TPSA) is 111 Å². The number of sulfonamides is 1. The van der Waals surface area contributed by atoms with Crippen molar-refractivity contribution in [2.75, 3.05) is 4.72 Å². The van der Waals surface area contributed by atoms with Crippen LogP contribution < -0.4 is 4.72 Å². The number of aromatic nitrogens is 3. The van der Waals surface area contributed by atoms with Crippen LogP contribution in [0.1, 0.15) is 11.1 Å². The van der Waals surface area contributed by atoms with Crippen molar-refractivity contribution >= 4 is 47.9 Å². The van der Waals surface area contributed by atoms with E-state index in [-0.39, 0.29) is 31.7 Å². The van der Waals surface area contributed by atoms with E-state index in [2.05, 4.69) is 4.72 Å². The van der Waals surface area contributed by atoms with Crippen LogP contribution in [0.5, 0.6) is 0 Å². The van der Waals surface area contributed by atoms with Crippen LogP contribution in [-0.2, 0) is 19.9 Å². The van der Waals surface area contributed by atoms with Crippen molar-refractivity contribution in [3.05, 3.63) is 114 Å². The lowest BCUT2D eigenvalue weighted by Gasteiger charge is -2.15. The summed E-state index contributed by atoms with van der Waals surface area (Å²) in [4.78, 5) is 9.22. The van der Waals surface area contributed by atoms with Crippen LogP contribution in [0.15, 0.2) is 118 Å². The fourth-order valence-electron chi connectivity index (χ4n) is 4.53. The van der Waals surface area contributed by atoms with Gasteiger partial charge >= 0.3 is 0 Å². The Bertz CT molecular complexity index is 2110. The quantitative estimate of drug-likeness (QED) is 0.271. The molecule has 0 unspecified atom stereocenters. The van der Waals surface area contributed by atoms with Crippen LogP contribution in [0, 0.1) is 13.8 Å². The van der Waals surface area contributed by atoms with Crippen molar-refractivity contribution in [3.63, 3.8) is 0 Å². The highest BCUT2D eigenvalue weighted by molar-refractivity contribution is 7.93. The molecular formula is C30H24N4O4S2. The molecule has 0 saturated carbocycles. The zero-order valence-corrected chi connectivity index (χ0v) is 23.2. The van der Waals surface area contributed by atoms with Gasteiger partial charge in [-0.15, -0.1) is 0 Å². The Labute approximate surface area is 231 Å². The Kier molecular flexibility index (Phi) is 6.16. The molecule has 200 valence electrons. The van der Waals surface area contributed by atoms with Gasteiger partial charge in [0.15, 0.2) is 5.65 Å². The fraction of sp³-hybridized carbons (Fsp3) is 0.0667. The summed E-state index contributed by atoms with van der Waals surface area (Å²) in [5.74, 6) is -0.168. The summed E-state index contributed by atoms with van der Waals surface area (Å²) in [7, 11) is -8.49. The van der Waals surface area contributed by atoms with E-state index in [0.29, 0.717) is 16.7 Å². The zero-order chi connectivity index (χ0) is 28.1. The van der Waals surface area contributed by atoms with Gasteiger partial charge in [0, 0.05) is 5.69 Å². The largest absolute Gasteiger partial charge is 0.277 e. The first-order chi connectivity index (χ1) is 19.1. The summed E-state index contributed by atoms with van der Waals surface area (Å²) in [5, 5.41) is 0. The number of fused-ring (bicyclic) bond motifs is 2. The van der Waals surface area contributed by atoms with Gasteiger partial charge in [0.05, 0.1) is 20.8 Å². The Hall–Kier alpha value is -4.54. The minimum atomic E-state index is -4.28. The summed E-state index contributed by atoms with van der Waals surface area (Å²) in [6, 6.07) is 28.6. The van der Waals surface area contributed by atoms with Gasteiger partial charge in [0.1, 0.15) is 16.2 Å². The van der Waals surface area contributed by atoms with Crippen molar-refractivity contribution in [3.8, 4) is 5.69 Å². The summed E-state index contributed by atoms with van der Waals surface area (Å²) < 4.78 is 60.0. The molecule has 0 aliphatic heterocycles. The van der Waals surface area contributed by atoms with E-state index in [1.165, 1.54) is 28.8 Å². The number of rotatable bonds is 6. The molecule has 0 atom stereocenters. The maximum Gasteiger partial charge on any atom is 0.263 e. The number of anilines is 1. The molecule has 4 aromatic carbocycles. The second kappa shape index (κ2) is 9.58. The highest BCUT2D eigenvalue weighted by Gasteiger charge is 2.34. The first-order valence-corrected chi connectivity index (χ1v) is 15.4. The molecule has 0 spiro atoms. The van der Waals surface area contributed by atoms with E-state index >= 15 is 0 Å². The maximum absolute atomic E-state index is 14.3. The molecule has 40 heavy (non-hydrogen) atoms. The molecule has 0 saturated heterocycles. The highest BCUT2D eigenvalue weighted by Crippen LogP contribution is 2.40. The van der Waals surface area contributed by atoms with Crippen molar-refractivity contribution in [1.29, 1.82) is 0 Å². The standard InChI is InChI=1S/C30H24N4O4S2/c1-20-12-16-22(17-13-20)34-29-27(31-25-10-6-7-11-26(25)32-29)28(39(35,36)23-18-14-21(2)15-19-23)30(34)33-40(37,38)24-8-4-3-5-9-24/h3-19,33H,1-2H3. The van der Waals surface area contributed by atoms with Crippen LogP contribution in [0.2, 0.25) is 0 Å². The van der Waals surface area contributed by atoms with Crippen LogP contribution in [0.25, 0.3) is 27.9 Å². The third-order valence-electron chi connectivity index (χ3n) is 6.59. The molecule has 0 amide bonds. The van der Waals surface area contributed by atoms with Gasteiger partial charge < -0.3 is 0 Å². The van der Waals surface area contributed by atoms with Crippen molar-refractivity contribution in [2.45, 2.75) is 28.5 Å². The second-order valence-corrected chi connectivity index (χ2v) is 13.0. The van der Waals surface area contributed by atoms with E-state index in [4.69, 9.17) is 9.97 Å². The van der Waals surface area contributed by atoms with Gasteiger partial charge in [-0.25, -0.2) is 26.8 Å². The Morgan fingerprint density at radius 2 is 1.18 bits per heavy atom. The lowest BCUT2D eigenvalue weighted by molar-refractivity contribution is 0.597. The van der Waals surface area contributed by atoms with Gasteiger partial charge in [-0.3, -0.25) is 9.29 Å². The fourth-order valence-corrected chi connectivity index (χ4v) is 7.20. The number of hydrogen-bond donors (Lipinski definition) is 1. The van der Waals surface area contributed by atoms with Crippen LogP contribution >= 0.6 is 0 Å². The SMILES string of the molecule is Cc1ccc(-n2c(NS(=O)(=O)c3ccccc3)c(S(=O)(=O)c3ccc(C)cc3)c3nc4ccccc4nc32)cc1. The number of aryl methyl sites for hydroxylation is 2. The third-order valence-corrected chi connectivity index (χ3v) is 9.77. The maximum atomic E-state index is 14.3. The molecule has 10 heteroatoms. The predicted molar refractivity (Wildman–Crippen MR) is 155 cm³/mol. The summed E-state index contributed by atoms with van der Waals surface area (Å²) in [5.41, 5.74) is 3.68. The highest BCUT2D eigenvalue weighted by atomic mass is 32.2. The molecule has 0 aliphatic carbocycles. The van der Waals surface area contributed by atoms with Crippen LogP contribution in [-0.4, -0.2) is 31.4 Å². The minimum Gasteiger partial charge on any atom is -0.277 e. The first-order valence-electron chi connectivity index (χ1n) is 12.4. The number of nitrogens with zero attached hydrogens (tertiary/aromatic N) is 3. The summed E-state index contributed by atoms with van der Waals surface area (Å²) in [6.07, 6.45) is 0. The van der Waals surface area contributed by atoms with Crippen LogP contribution in [0.4, 0.5) is 5.82 Å². The molecule has 0 fully saturated rings. The van der Waals surface area contributed by atoms with E-state index in [9.17, 15) is 16.8 Å². The Balaban J connectivity index is 1.76. The molecule has 2 heterocycles. The number of para-hydroxylation sites is 2. The average molecular weight is 569 g/mol. The molecule has 6 rings (SSSR count). The average Bonchev–Trinajstić information content (AvgIpc) is 3.25. The molecule has 1 N–H and O–H groups in total. The third kappa shape index (κ3) is 4.41. The van der Waals surface area contributed by atoms with Gasteiger partial charge in [-0.1, -0.05) is 65.7 Å². The Morgan fingerprint density at radius 1 is 0.625 bits per heavy atom. The van der Waals surface area contributed by atoms with E-state index < -0.39 is 19.9 Å². The van der Waals surface area contributed by atoms with Crippen molar-refractivity contribution < 1.29 is 16.8 Å². The monoisotopic (exact) mass is 568 g/mol. The van der Waals surface area contributed by atoms with Gasteiger partial charge in [-0.05, 0) is 62.4 Å². The van der Waals surface area contributed by atoms with Crippen molar-refractivity contribution in [2.24, 2.45) is 0 Å². The normalized spacial score (nSPS) is 12.2. The smallest absolute Gasteiger partial charge is 0.263 e. The summed E-state index contributed by atoms with van der Waals surface area (Å²) >= 11 is 0. The number of nitrogens with one attached hydrogen (secondary N) is 1. The van der Waals surface area contributed by atoms with Gasteiger partial charge in [0.25, 0.3) is 10.0 Å². The molecule has 6 aromatic rings. The predicted octanol–water partition coefficient (Wildman–Crippen LogP) is 5.82. The lowest BCUT2D eigenvalue weighted by Crippen LogP contribution is -2.18. The number of benzene rings is 4. The number of hydrogen-bond acceptors (Lipinski definition) is 6. The minimum absolute atomic E-state index is 0.0103. The molecule has 0 bridgehead atoms. The number of sulfone groups is 1. The lowest BCUT2D eigenvalue weighted by atomic mass is 10.2. The molecule has 0 aliphatic rings. The van der Waals surface area contributed by atoms with Gasteiger partial charge in [-0.2, -0.15) is 0 Å². The molecule has 8 nitrogen and oxygen atoms in total. The van der Waals surface area contributed by atoms with E-state index in [1.807, 2.05) is 32.0 Å². The van der Waals surface area contributed by atoms with Gasteiger partial charge in [0.2, 0.25) is 9.84 Å². The molecule has 0 radical (unpaired) electrons. The molecule has 2 aromatic heterocycles.